The zero-order valence-corrected chi connectivity index (χ0v) is 23.0. The van der Waals surface area contributed by atoms with Crippen LogP contribution < -0.4 is 10.3 Å². The summed E-state index contributed by atoms with van der Waals surface area (Å²) in [7, 11) is 2.78. The van der Waals surface area contributed by atoms with Crippen molar-refractivity contribution >= 4 is 33.8 Å². The van der Waals surface area contributed by atoms with Gasteiger partial charge in [0.05, 0.1) is 34.4 Å². The summed E-state index contributed by atoms with van der Waals surface area (Å²) in [6.45, 7) is 9.40. The Morgan fingerprint density at radius 3 is 2.44 bits per heavy atom. The Morgan fingerprint density at radius 1 is 1.14 bits per heavy atom. The molecule has 0 aliphatic carbocycles. The number of allylic oxidation sites excluding steroid dienone is 1. The highest BCUT2D eigenvalue weighted by molar-refractivity contribution is 7.83. The third kappa shape index (κ3) is 6.76. The number of fused-ring (bicyclic) bond motifs is 1. The van der Waals surface area contributed by atoms with Gasteiger partial charge in [0.2, 0.25) is 0 Å². The molecule has 10 heteroatoms. The Balaban J connectivity index is 1.82. The van der Waals surface area contributed by atoms with Gasteiger partial charge >= 0.3 is 0 Å². The van der Waals surface area contributed by atoms with Crippen molar-refractivity contribution in [3.8, 4) is 0 Å². The van der Waals surface area contributed by atoms with Gasteiger partial charge in [0, 0.05) is 74.3 Å². The van der Waals surface area contributed by atoms with Crippen LogP contribution in [-0.2, 0) is 21.3 Å². The Morgan fingerprint density at radius 2 is 1.83 bits per heavy atom. The number of hydrogen-bond donors (Lipinski definition) is 1. The lowest BCUT2D eigenvalue weighted by atomic mass is 10.0. The summed E-state index contributed by atoms with van der Waals surface area (Å²) in [6.07, 6.45) is 9.19. The highest BCUT2D eigenvalue weighted by Crippen LogP contribution is 2.25. The van der Waals surface area contributed by atoms with Crippen LogP contribution in [0.5, 0.6) is 0 Å². The fourth-order valence-electron chi connectivity index (χ4n) is 4.32. The fraction of sp³-hybridized carbons (Fsp3) is 0.462. The van der Waals surface area contributed by atoms with Gasteiger partial charge in [0.1, 0.15) is 6.29 Å². The lowest BCUT2D eigenvalue weighted by Crippen LogP contribution is -2.43. The maximum atomic E-state index is 11.8. The van der Waals surface area contributed by atoms with Gasteiger partial charge in [-0.15, -0.1) is 0 Å². The van der Waals surface area contributed by atoms with Crippen LogP contribution in [0, 0.1) is 0 Å². The topological polar surface area (TPSA) is 96.3 Å². The van der Waals surface area contributed by atoms with Crippen LogP contribution in [0.1, 0.15) is 50.8 Å². The molecule has 0 radical (unpaired) electrons. The molecule has 0 spiro atoms. The van der Waals surface area contributed by atoms with Crippen molar-refractivity contribution in [2.24, 2.45) is 0 Å². The summed E-state index contributed by atoms with van der Waals surface area (Å²) in [5.74, 6) is 0.962. The molecule has 0 amide bonds. The number of carbonyl (C=O) groups excluding carboxylic acids is 1. The van der Waals surface area contributed by atoms with E-state index in [0.717, 1.165) is 23.9 Å². The van der Waals surface area contributed by atoms with Crippen LogP contribution in [0.2, 0.25) is 0 Å². The van der Waals surface area contributed by atoms with Crippen molar-refractivity contribution in [1.29, 1.82) is 0 Å². The summed E-state index contributed by atoms with van der Waals surface area (Å²) in [5, 5.41) is 5.37. The molecular weight excluding hydrogens is 474 g/mol. The molecule has 0 aliphatic heterocycles. The molecule has 0 saturated heterocycles. The standard InChI is InChI=1S/C26H37N7O2S/c1-18(2)32(20(4)21-8-9-23-25(14-21)28-12-11-27-23)15-19(3)29-24(10-13-34)26-30-22(17-36(7)35)16-33(26)31(5)6/h8-14,16,18-20,29H,15,17H2,1-7H3/b24-10+. The average molecular weight is 512 g/mol. The van der Waals surface area contributed by atoms with Gasteiger partial charge < -0.3 is 10.3 Å². The molecule has 3 unspecified atom stereocenters. The molecule has 0 aliphatic rings. The van der Waals surface area contributed by atoms with E-state index in [0.29, 0.717) is 23.0 Å². The Labute approximate surface area is 216 Å². The van der Waals surface area contributed by atoms with Gasteiger partial charge in [-0.3, -0.25) is 23.9 Å². The van der Waals surface area contributed by atoms with Gasteiger partial charge in [-0.2, -0.15) is 0 Å². The first-order chi connectivity index (χ1) is 17.1. The first-order valence-corrected chi connectivity index (χ1v) is 13.8. The summed E-state index contributed by atoms with van der Waals surface area (Å²) in [4.78, 5) is 27.5. The number of nitrogens with zero attached hydrogens (tertiary/aromatic N) is 6. The summed E-state index contributed by atoms with van der Waals surface area (Å²) < 4.78 is 13.6. The molecule has 3 aromatic rings. The van der Waals surface area contributed by atoms with Gasteiger partial charge in [-0.1, -0.05) is 6.07 Å². The van der Waals surface area contributed by atoms with E-state index in [4.69, 9.17) is 0 Å². The zero-order valence-electron chi connectivity index (χ0n) is 22.2. The molecule has 36 heavy (non-hydrogen) atoms. The highest BCUT2D eigenvalue weighted by Gasteiger charge is 2.23. The molecule has 0 bridgehead atoms. The SMILES string of the molecule is CC(CN(C(C)C)C(C)c1ccc2nccnc2c1)N/C(=C/C=O)c1nc(CS(C)=O)cn1N(C)C. The second-order valence-corrected chi connectivity index (χ2v) is 10.9. The first-order valence-electron chi connectivity index (χ1n) is 12.0. The minimum absolute atomic E-state index is 0.0115. The van der Waals surface area contributed by atoms with E-state index < -0.39 is 10.8 Å². The first kappa shape index (κ1) is 27.5. The van der Waals surface area contributed by atoms with Gasteiger partial charge in [-0.05, 0) is 45.4 Å². The molecule has 3 rings (SSSR count). The number of imidazole rings is 1. The fourth-order valence-corrected chi connectivity index (χ4v) is 4.87. The molecule has 9 nitrogen and oxygen atoms in total. The number of hydrogen-bond acceptors (Lipinski definition) is 8. The van der Waals surface area contributed by atoms with Crippen molar-refractivity contribution < 1.29 is 9.00 Å². The zero-order chi connectivity index (χ0) is 26.4. The normalized spacial score (nSPS) is 14.8. The van der Waals surface area contributed by atoms with Crippen LogP contribution in [0.4, 0.5) is 0 Å². The minimum Gasteiger partial charge on any atom is -0.378 e. The van der Waals surface area contributed by atoms with Crippen molar-refractivity contribution in [2.45, 2.75) is 51.6 Å². The molecule has 194 valence electrons. The number of benzene rings is 1. The highest BCUT2D eigenvalue weighted by atomic mass is 32.2. The van der Waals surface area contributed by atoms with Crippen molar-refractivity contribution in [3.63, 3.8) is 0 Å². The lowest BCUT2D eigenvalue weighted by Gasteiger charge is -2.35. The third-order valence-corrected chi connectivity index (χ3v) is 6.72. The molecule has 0 fully saturated rings. The minimum atomic E-state index is -1.02. The molecule has 3 atom stereocenters. The van der Waals surface area contributed by atoms with Gasteiger partial charge in [0.25, 0.3) is 0 Å². The van der Waals surface area contributed by atoms with Crippen LogP contribution in [0.15, 0.2) is 42.9 Å². The van der Waals surface area contributed by atoms with Crippen molar-refractivity contribution in [3.05, 3.63) is 59.9 Å². The molecular formula is C26H37N7O2S. The lowest BCUT2D eigenvalue weighted by molar-refractivity contribution is -0.104. The van der Waals surface area contributed by atoms with Crippen LogP contribution in [0.3, 0.4) is 0 Å². The maximum absolute atomic E-state index is 11.8. The van der Waals surface area contributed by atoms with Gasteiger partial charge in [-0.25, -0.2) is 9.66 Å². The molecule has 1 aromatic carbocycles. The quantitative estimate of drug-likeness (QED) is 0.293. The van der Waals surface area contributed by atoms with Gasteiger partial charge in [0.15, 0.2) is 5.82 Å². The largest absolute Gasteiger partial charge is 0.378 e. The number of rotatable bonds is 12. The number of aldehydes is 1. The predicted molar refractivity (Wildman–Crippen MR) is 146 cm³/mol. The van der Waals surface area contributed by atoms with E-state index in [2.05, 4.69) is 65.0 Å². The average Bonchev–Trinajstić information content (AvgIpc) is 3.24. The smallest absolute Gasteiger partial charge is 0.175 e. The number of carbonyl (C=O) groups is 1. The van der Waals surface area contributed by atoms with E-state index in [-0.39, 0.29) is 18.1 Å². The number of nitrogens with one attached hydrogen (secondary N) is 1. The molecule has 0 saturated carbocycles. The number of aromatic nitrogens is 4. The van der Waals surface area contributed by atoms with Crippen molar-refractivity contribution in [2.75, 3.05) is 31.9 Å². The molecule has 1 N–H and O–H groups in total. The molecule has 2 heterocycles. The second kappa shape index (κ2) is 12.2. The monoisotopic (exact) mass is 511 g/mol. The van der Waals surface area contributed by atoms with Crippen LogP contribution in [0.25, 0.3) is 16.7 Å². The third-order valence-electron chi connectivity index (χ3n) is 6.02. The van der Waals surface area contributed by atoms with E-state index in [1.165, 1.54) is 11.6 Å². The second-order valence-electron chi connectivity index (χ2n) is 9.50. The Kier molecular flexibility index (Phi) is 9.33. The van der Waals surface area contributed by atoms with E-state index in [1.807, 2.05) is 36.0 Å². The van der Waals surface area contributed by atoms with E-state index in [9.17, 15) is 9.00 Å². The van der Waals surface area contributed by atoms with E-state index >= 15 is 0 Å². The van der Waals surface area contributed by atoms with E-state index in [1.54, 1.807) is 18.6 Å². The summed E-state index contributed by atoms with van der Waals surface area (Å²) in [6, 6.07) is 6.67. The summed E-state index contributed by atoms with van der Waals surface area (Å²) in [5.41, 5.74) is 4.27. The summed E-state index contributed by atoms with van der Waals surface area (Å²) >= 11 is 0. The maximum Gasteiger partial charge on any atom is 0.175 e. The van der Waals surface area contributed by atoms with Crippen LogP contribution in [-0.4, -0.2) is 74.0 Å². The Hall–Kier alpha value is -3.11. The van der Waals surface area contributed by atoms with Crippen LogP contribution >= 0.6 is 0 Å². The molecule has 2 aromatic heterocycles. The predicted octanol–water partition coefficient (Wildman–Crippen LogP) is 2.89. The Bertz CT molecular complexity index is 1240. The van der Waals surface area contributed by atoms with Crippen molar-refractivity contribution in [1.82, 2.24) is 29.8 Å².